The first-order valence-corrected chi connectivity index (χ1v) is 7.40. The fourth-order valence-electron chi connectivity index (χ4n) is 1.36. The molecule has 18 heavy (non-hydrogen) atoms. The van der Waals surface area contributed by atoms with Gasteiger partial charge in [0.25, 0.3) is 5.91 Å². The zero-order valence-corrected chi connectivity index (χ0v) is 13.1. The van der Waals surface area contributed by atoms with Gasteiger partial charge in [-0.15, -0.1) is 11.3 Å². The van der Waals surface area contributed by atoms with E-state index in [0.717, 1.165) is 10.2 Å². The van der Waals surface area contributed by atoms with Gasteiger partial charge in [0.05, 0.1) is 18.1 Å². The highest BCUT2D eigenvalue weighted by molar-refractivity contribution is 9.11. The number of aliphatic hydroxyl groups is 1. The van der Waals surface area contributed by atoms with Gasteiger partial charge in [-0.1, -0.05) is 20.3 Å². The molecular weight excluding hydrogens is 318 g/mol. The van der Waals surface area contributed by atoms with Crippen molar-refractivity contribution in [3.63, 3.8) is 0 Å². The minimum atomic E-state index is -0.510. The predicted octanol–water partition coefficient (Wildman–Crippen LogP) is 2.66. The third kappa shape index (κ3) is 3.96. The summed E-state index contributed by atoms with van der Waals surface area (Å²) in [5.74, 6) is 0.633. The highest BCUT2D eigenvalue weighted by Gasteiger charge is 2.17. The summed E-state index contributed by atoms with van der Waals surface area (Å²) in [5, 5.41) is 12.5. The fourth-order valence-corrected chi connectivity index (χ4v) is 2.93. The largest absolute Gasteiger partial charge is 0.495 e. The van der Waals surface area contributed by atoms with E-state index in [4.69, 9.17) is 4.74 Å². The van der Waals surface area contributed by atoms with Crippen LogP contribution in [0.4, 0.5) is 0 Å². The maximum Gasteiger partial charge on any atom is 0.261 e. The summed E-state index contributed by atoms with van der Waals surface area (Å²) in [4.78, 5) is 12.4. The number of amides is 1. The Balaban J connectivity index is 2.55. The molecule has 2 atom stereocenters. The molecule has 0 fully saturated rings. The number of rotatable bonds is 6. The summed E-state index contributed by atoms with van der Waals surface area (Å²) in [6.07, 6.45) is 0.374. The van der Waals surface area contributed by atoms with Crippen molar-refractivity contribution < 1.29 is 14.6 Å². The average Bonchev–Trinajstić information content (AvgIpc) is 2.75. The molecule has 1 heterocycles. The molecule has 1 aromatic rings. The first-order valence-electron chi connectivity index (χ1n) is 5.79. The SMILES string of the molecule is CCC(C)C(O)CNC(=O)c1cc(OC)c(Br)s1. The molecule has 1 rings (SSSR count). The van der Waals surface area contributed by atoms with Crippen molar-refractivity contribution in [2.24, 2.45) is 5.92 Å². The van der Waals surface area contributed by atoms with E-state index in [1.807, 2.05) is 13.8 Å². The molecule has 0 aliphatic rings. The molecule has 2 unspecified atom stereocenters. The minimum Gasteiger partial charge on any atom is -0.495 e. The lowest BCUT2D eigenvalue weighted by Gasteiger charge is -2.17. The number of hydrogen-bond acceptors (Lipinski definition) is 4. The summed E-state index contributed by atoms with van der Waals surface area (Å²) in [6.45, 7) is 4.24. The van der Waals surface area contributed by atoms with E-state index in [1.54, 1.807) is 13.2 Å². The molecule has 0 aliphatic heterocycles. The third-order valence-corrected chi connectivity index (χ3v) is 4.65. The first-order chi connectivity index (χ1) is 8.49. The number of thiophene rings is 1. The van der Waals surface area contributed by atoms with Crippen LogP contribution in [0.5, 0.6) is 5.75 Å². The van der Waals surface area contributed by atoms with Crippen molar-refractivity contribution in [3.8, 4) is 5.75 Å². The summed E-state index contributed by atoms with van der Waals surface area (Å²) < 4.78 is 5.88. The van der Waals surface area contributed by atoms with Crippen molar-refractivity contribution in [3.05, 3.63) is 14.7 Å². The molecule has 0 spiro atoms. The highest BCUT2D eigenvalue weighted by atomic mass is 79.9. The van der Waals surface area contributed by atoms with Gasteiger partial charge in [0.1, 0.15) is 9.54 Å². The third-order valence-electron chi connectivity index (χ3n) is 2.87. The second-order valence-electron chi connectivity index (χ2n) is 4.12. The van der Waals surface area contributed by atoms with E-state index in [9.17, 15) is 9.90 Å². The Labute approximate surface area is 119 Å². The molecule has 0 aromatic carbocycles. The molecule has 2 N–H and O–H groups in total. The summed E-state index contributed by atoms with van der Waals surface area (Å²) >= 11 is 4.64. The lowest BCUT2D eigenvalue weighted by atomic mass is 10.0. The Bertz CT molecular complexity index is 408. The van der Waals surface area contributed by atoms with Crippen LogP contribution in [0.15, 0.2) is 9.85 Å². The number of carbonyl (C=O) groups is 1. The first kappa shape index (κ1) is 15.5. The van der Waals surface area contributed by atoms with Crippen LogP contribution in [-0.2, 0) is 0 Å². The van der Waals surface area contributed by atoms with Crippen LogP contribution in [0.25, 0.3) is 0 Å². The van der Waals surface area contributed by atoms with Gasteiger partial charge < -0.3 is 15.2 Å². The molecule has 0 aliphatic carbocycles. The van der Waals surface area contributed by atoms with Gasteiger partial charge >= 0.3 is 0 Å². The van der Waals surface area contributed by atoms with Gasteiger partial charge in [-0.3, -0.25) is 4.79 Å². The van der Waals surface area contributed by atoms with Crippen LogP contribution in [0.3, 0.4) is 0 Å². The topological polar surface area (TPSA) is 58.6 Å². The van der Waals surface area contributed by atoms with Crippen molar-refractivity contribution in [1.29, 1.82) is 0 Å². The molecule has 0 bridgehead atoms. The standard InChI is InChI=1S/C12H18BrNO3S/c1-4-7(2)8(15)6-14-12(16)10-5-9(17-3)11(13)18-10/h5,7-8,15H,4,6H2,1-3H3,(H,14,16). The molecule has 0 radical (unpaired) electrons. The average molecular weight is 336 g/mol. The number of hydrogen-bond donors (Lipinski definition) is 2. The number of carbonyl (C=O) groups excluding carboxylic acids is 1. The van der Waals surface area contributed by atoms with Crippen molar-refractivity contribution in [2.75, 3.05) is 13.7 Å². The van der Waals surface area contributed by atoms with E-state index < -0.39 is 6.10 Å². The van der Waals surface area contributed by atoms with Gasteiger partial charge in [-0.05, 0) is 21.8 Å². The van der Waals surface area contributed by atoms with Crippen LogP contribution in [0, 0.1) is 5.92 Å². The fraction of sp³-hybridized carbons (Fsp3) is 0.583. The normalized spacial score (nSPS) is 14.1. The second kappa shape index (κ2) is 7.11. The smallest absolute Gasteiger partial charge is 0.261 e. The zero-order valence-electron chi connectivity index (χ0n) is 10.7. The molecule has 1 aromatic heterocycles. The Morgan fingerprint density at radius 3 is 2.83 bits per heavy atom. The quantitative estimate of drug-likeness (QED) is 0.840. The lowest BCUT2D eigenvalue weighted by molar-refractivity contribution is 0.0853. The van der Waals surface area contributed by atoms with Crippen LogP contribution in [-0.4, -0.2) is 30.8 Å². The molecule has 4 nitrogen and oxygen atoms in total. The van der Waals surface area contributed by atoms with Gasteiger partial charge in [-0.2, -0.15) is 0 Å². The number of nitrogens with one attached hydrogen (secondary N) is 1. The zero-order chi connectivity index (χ0) is 13.7. The van der Waals surface area contributed by atoms with E-state index in [1.165, 1.54) is 11.3 Å². The van der Waals surface area contributed by atoms with E-state index >= 15 is 0 Å². The second-order valence-corrected chi connectivity index (χ2v) is 6.49. The van der Waals surface area contributed by atoms with Crippen LogP contribution >= 0.6 is 27.3 Å². The number of ether oxygens (including phenoxy) is 1. The molecule has 6 heteroatoms. The van der Waals surface area contributed by atoms with Crippen LogP contribution in [0.1, 0.15) is 29.9 Å². The van der Waals surface area contributed by atoms with Gasteiger partial charge in [-0.25, -0.2) is 0 Å². The van der Waals surface area contributed by atoms with Crippen LogP contribution in [0.2, 0.25) is 0 Å². The van der Waals surface area contributed by atoms with Crippen molar-refractivity contribution >= 4 is 33.2 Å². The molecular formula is C12H18BrNO3S. The van der Waals surface area contributed by atoms with Crippen molar-refractivity contribution in [1.82, 2.24) is 5.32 Å². The highest BCUT2D eigenvalue weighted by Crippen LogP contribution is 2.34. The molecule has 0 saturated heterocycles. The summed E-state index contributed by atoms with van der Waals surface area (Å²) in [5.41, 5.74) is 0. The number of halogens is 1. The number of aliphatic hydroxyl groups excluding tert-OH is 1. The predicted molar refractivity (Wildman–Crippen MR) is 76.4 cm³/mol. The Morgan fingerprint density at radius 2 is 2.33 bits per heavy atom. The molecule has 0 saturated carbocycles. The van der Waals surface area contributed by atoms with Gasteiger partial charge in [0.2, 0.25) is 0 Å². The van der Waals surface area contributed by atoms with Gasteiger partial charge in [0, 0.05) is 12.6 Å². The number of methoxy groups -OCH3 is 1. The molecule has 1 amide bonds. The van der Waals surface area contributed by atoms with E-state index in [2.05, 4.69) is 21.2 Å². The Hall–Kier alpha value is -0.590. The van der Waals surface area contributed by atoms with E-state index in [-0.39, 0.29) is 18.4 Å². The minimum absolute atomic E-state index is 0.176. The maximum absolute atomic E-state index is 11.9. The lowest BCUT2D eigenvalue weighted by Crippen LogP contribution is -2.35. The van der Waals surface area contributed by atoms with Crippen molar-refractivity contribution in [2.45, 2.75) is 26.4 Å². The van der Waals surface area contributed by atoms with Gasteiger partial charge in [0.15, 0.2) is 0 Å². The van der Waals surface area contributed by atoms with E-state index in [0.29, 0.717) is 10.6 Å². The van der Waals surface area contributed by atoms with Crippen LogP contribution < -0.4 is 10.1 Å². The summed E-state index contributed by atoms with van der Waals surface area (Å²) in [7, 11) is 1.56. The molecule has 102 valence electrons. The monoisotopic (exact) mass is 335 g/mol. The Kier molecular flexibility index (Phi) is 6.11. The Morgan fingerprint density at radius 1 is 1.67 bits per heavy atom. The summed E-state index contributed by atoms with van der Waals surface area (Å²) in [6, 6.07) is 1.68. The maximum atomic E-state index is 11.9.